The van der Waals surface area contributed by atoms with Crippen molar-refractivity contribution in [1.29, 1.82) is 0 Å². The summed E-state index contributed by atoms with van der Waals surface area (Å²) in [5.41, 5.74) is 4.32. The van der Waals surface area contributed by atoms with E-state index < -0.39 is 0 Å². The van der Waals surface area contributed by atoms with Gasteiger partial charge in [-0.2, -0.15) is 11.6 Å². The molecule has 0 amide bonds. The van der Waals surface area contributed by atoms with E-state index in [0.717, 1.165) is 19.3 Å². The Morgan fingerprint density at radius 1 is 1.14 bits per heavy atom. The predicted molar refractivity (Wildman–Crippen MR) is 79.7 cm³/mol. The van der Waals surface area contributed by atoms with E-state index in [0.29, 0.717) is 0 Å². The van der Waals surface area contributed by atoms with E-state index >= 15 is 0 Å². The molecule has 0 unspecified atom stereocenters. The summed E-state index contributed by atoms with van der Waals surface area (Å²) < 4.78 is 1.80. The molecule has 114 valence electrons. The van der Waals surface area contributed by atoms with E-state index in [1.165, 1.54) is 48.8 Å². The fourth-order valence-corrected chi connectivity index (χ4v) is 3.63. The van der Waals surface area contributed by atoms with Crippen LogP contribution in [0.25, 0.3) is 0 Å². The summed E-state index contributed by atoms with van der Waals surface area (Å²) in [6, 6.07) is 0. The van der Waals surface area contributed by atoms with Gasteiger partial charge in [0.15, 0.2) is 0 Å². The Labute approximate surface area is 157 Å². The third kappa shape index (κ3) is 6.93. The van der Waals surface area contributed by atoms with Gasteiger partial charge in [-0.15, -0.1) is 12.0 Å². The normalized spacial score (nSPS) is 19.6. The first-order valence-corrected chi connectivity index (χ1v) is 8.76. The van der Waals surface area contributed by atoms with E-state index in [1.807, 2.05) is 0 Å². The van der Waals surface area contributed by atoms with Crippen molar-refractivity contribution in [3.8, 4) is 0 Å². The van der Waals surface area contributed by atoms with Crippen molar-refractivity contribution in [3.05, 3.63) is 47.1 Å². The molecule has 0 saturated heterocycles. The fourth-order valence-electron chi connectivity index (χ4n) is 2.76. The molecule has 0 nitrogen and oxygen atoms in total. The molecular formula is C18H23Cl2Zr-. The molecule has 0 bridgehead atoms. The monoisotopic (exact) mass is 399 g/mol. The van der Waals surface area contributed by atoms with Gasteiger partial charge in [0.25, 0.3) is 0 Å². The second kappa shape index (κ2) is 11.8. The van der Waals surface area contributed by atoms with E-state index in [9.17, 15) is 0 Å². The summed E-state index contributed by atoms with van der Waals surface area (Å²) in [7, 11) is 0. The molecule has 0 aromatic heterocycles. The Morgan fingerprint density at radius 3 is 2.33 bits per heavy atom. The van der Waals surface area contributed by atoms with Crippen molar-refractivity contribution in [2.45, 2.75) is 58.3 Å². The van der Waals surface area contributed by atoms with Gasteiger partial charge in [-0.3, -0.25) is 6.08 Å². The number of allylic oxidation sites excluding steroid dienone is 8. The summed E-state index contributed by atoms with van der Waals surface area (Å²) in [4.78, 5) is 0. The first kappa shape index (κ1) is 21.3. The van der Waals surface area contributed by atoms with Gasteiger partial charge in [0.05, 0.1) is 0 Å². The molecule has 0 N–H and O–H groups in total. The van der Waals surface area contributed by atoms with Gasteiger partial charge < -0.3 is 24.8 Å². The average molecular weight is 402 g/mol. The molecule has 0 heterocycles. The quantitative estimate of drug-likeness (QED) is 0.522. The van der Waals surface area contributed by atoms with Crippen LogP contribution in [-0.4, -0.2) is 3.21 Å². The molecule has 0 aromatic carbocycles. The number of halogens is 2. The van der Waals surface area contributed by atoms with Crippen molar-refractivity contribution >= 4 is 3.21 Å². The molecule has 3 rings (SSSR count). The third-order valence-corrected chi connectivity index (χ3v) is 5.10. The molecule has 3 aliphatic carbocycles. The number of hydrogen-bond donors (Lipinski definition) is 0. The molecule has 21 heavy (non-hydrogen) atoms. The minimum absolute atomic E-state index is 0. The number of rotatable bonds is 2. The molecule has 3 heteroatoms. The van der Waals surface area contributed by atoms with Gasteiger partial charge in [0.1, 0.15) is 0 Å². The average Bonchev–Trinajstić information content (AvgIpc) is 3.11. The summed E-state index contributed by atoms with van der Waals surface area (Å²) in [6.45, 7) is 2.20. The molecule has 0 aliphatic heterocycles. The minimum atomic E-state index is 0. The van der Waals surface area contributed by atoms with Gasteiger partial charge in [0.2, 0.25) is 0 Å². The molecule has 0 aromatic rings. The Bertz CT molecular complexity index is 448. The Morgan fingerprint density at radius 2 is 1.86 bits per heavy atom. The van der Waals surface area contributed by atoms with Crippen molar-refractivity contribution in [2.24, 2.45) is 0 Å². The van der Waals surface area contributed by atoms with Crippen LogP contribution in [0.1, 0.15) is 58.3 Å². The molecule has 0 spiro atoms. The van der Waals surface area contributed by atoms with E-state index in [2.05, 4.69) is 37.3 Å². The van der Waals surface area contributed by atoms with E-state index in [-0.39, 0.29) is 24.8 Å². The van der Waals surface area contributed by atoms with Crippen LogP contribution in [0.5, 0.6) is 0 Å². The molecular weight excluding hydrogens is 378 g/mol. The van der Waals surface area contributed by atoms with Gasteiger partial charge >= 0.3 is 59.5 Å². The Hall–Kier alpha value is 0.293. The maximum absolute atomic E-state index is 3.39. The van der Waals surface area contributed by atoms with Crippen LogP contribution in [0.4, 0.5) is 0 Å². The molecule has 0 radical (unpaired) electrons. The zero-order valence-electron chi connectivity index (χ0n) is 12.7. The first-order chi connectivity index (χ1) is 9.31. The van der Waals surface area contributed by atoms with Crippen molar-refractivity contribution < 1.29 is 49.0 Å². The fraction of sp³-hybridized carbons (Fsp3) is 0.500. The predicted octanol–water partition coefficient (Wildman–Crippen LogP) is -0.980. The van der Waals surface area contributed by atoms with Crippen LogP contribution in [-0.2, 0) is 24.2 Å². The third-order valence-electron chi connectivity index (χ3n) is 3.87. The zero-order valence-corrected chi connectivity index (χ0v) is 16.7. The van der Waals surface area contributed by atoms with Gasteiger partial charge in [-0.05, 0) is 6.42 Å². The first-order valence-electron chi connectivity index (χ1n) is 7.54. The van der Waals surface area contributed by atoms with Crippen LogP contribution in [0.15, 0.2) is 41.0 Å². The second-order valence-electron chi connectivity index (χ2n) is 5.32. The van der Waals surface area contributed by atoms with Crippen LogP contribution in [0.2, 0.25) is 0 Å². The Kier molecular flexibility index (Phi) is 12.0. The van der Waals surface area contributed by atoms with Crippen LogP contribution in [0, 0.1) is 6.08 Å². The van der Waals surface area contributed by atoms with Gasteiger partial charge in [-0.25, -0.2) is 5.57 Å². The van der Waals surface area contributed by atoms with Crippen molar-refractivity contribution in [2.75, 3.05) is 0 Å². The molecule has 1 fully saturated rings. The van der Waals surface area contributed by atoms with E-state index in [1.54, 1.807) is 27.4 Å². The van der Waals surface area contributed by atoms with Gasteiger partial charge in [-0.1, -0.05) is 31.6 Å². The molecule has 1 saturated carbocycles. The van der Waals surface area contributed by atoms with E-state index in [4.69, 9.17) is 0 Å². The number of hydrogen-bond acceptors (Lipinski definition) is 0. The molecule has 3 aliphatic rings. The zero-order chi connectivity index (χ0) is 13.5. The second-order valence-corrected chi connectivity index (χ2v) is 7.06. The summed E-state index contributed by atoms with van der Waals surface area (Å²) in [6.07, 6.45) is 22.8. The maximum atomic E-state index is 3.39. The standard InChI is InChI=1S/C12H13.C6H10.2ClH.Zr/c1-2-10-8-5-9-12(10)11-6-3-4-7-11;1-2-4-6-5-3-1;;;/h3-4,6,9H,2,5,7H2,1H3;1-5H2;2*1H;/q-1;;;;+2/p-2. The summed E-state index contributed by atoms with van der Waals surface area (Å²) in [5.74, 6) is 0. The van der Waals surface area contributed by atoms with Crippen LogP contribution >= 0.6 is 0 Å². The Balaban J connectivity index is 0.000000389. The SMILES string of the molecule is CCC1=[C-]CC=C1C1=CC=CC1.[Cl-].[Cl-].[Zr+2]=[C]1CCCCC1. The van der Waals surface area contributed by atoms with Crippen molar-refractivity contribution in [3.63, 3.8) is 0 Å². The van der Waals surface area contributed by atoms with Crippen LogP contribution in [0.3, 0.4) is 0 Å². The summed E-state index contributed by atoms with van der Waals surface area (Å²) >= 11 is 1.69. The van der Waals surface area contributed by atoms with Crippen molar-refractivity contribution in [1.82, 2.24) is 0 Å². The molecule has 0 atom stereocenters. The van der Waals surface area contributed by atoms with Crippen LogP contribution < -0.4 is 24.8 Å². The topological polar surface area (TPSA) is 0 Å². The van der Waals surface area contributed by atoms with Gasteiger partial charge in [0, 0.05) is 0 Å². The summed E-state index contributed by atoms with van der Waals surface area (Å²) in [5, 5.41) is 0.